The Bertz CT molecular complexity index is 1390. The normalized spacial score (nSPS) is 17.4. The number of rotatable bonds is 9. The highest BCUT2D eigenvalue weighted by atomic mass is 35.5. The van der Waals surface area contributed by atoms with E-state index < -0.39 is 10.0 Å². The van der Waals surface area contributed by atoms with Gasteiger partial charge in [-0.3, -0.25) is 14.6 Å². The third-order valence-corrected chi connectivity index (χ3v) is 10.5. The van der Waals surface area contributed by atoms with Gasteiger partial charge in [0.05, 0.1) is 35.4 Å². The molecule has 0 radical (unpaired) electrons. The van der Waals surface area contributed by atoms with Crippen LogP contribution in [-0.2, 0) is 14.8 Å². The number of carbonyl (C=O) groups is 1. The first-order valence-corrected chi connectivity index (χ1v) is 15.8. The number of sulfonamides is 1. The zero-order valence-corrected chi connectivity index (χ0v) is 25.4. The SMILES string of the molecule is COc1ccc2sc(N(CCCN3CCOCC3)C(=O)c3ccc(S(=O)(=O)N4CCC(C)CC4)cc3)nc2c1.Cl. The molecule has 0 bridgehead atoms. The molecule has 2 aliphatic heterocycles. The van der Waals surface area contributed by atoms with Crippen LogP contribution in [-0.4, -0.2) is 88.1 Å². The van der Waals surface area contributed by atoms with Crippen LogP contribution in [0.2, 0.25) is 0 Å². The van der Waals surface area contributed by atoms with E-state index in [1.54, 1.807) is 40.6 Å². The third-order valence-electron chi connectivity index (χ3n) is 7.50. The van der Waals surface area contributed by atoms with Crippen molar-refractivity contribution in [1.29, 1.82) is 0 Å². The molecule has 9 nitrogen and oxygen atoms in total. The van der Waals surface area contributed by atoms with Crippen molar-refractivity contribution in [1.82, 2.24) is 14.2 Å². The van der Waals surface area contributed by atoms with Gasteiger partial charge in [-0.2, -0.15) is 4.31 Å². The van der Waals surface area contributed by atoms with Gasteiger partial charge in [0.2, 0.25) is 10.0 Å². The Morgan fingerprint density at radius 3 is 2.48 bits per heavy atom. The lowest BCUT2D eigenvalue weighted by Crippen LogP contribution is -2.39. The fourth-order valence-electron chi connectivity index (χ4n) is 5.00. The van der Waals surface area contributed by atoms with Crippen LogP contribution in [0.15, 0.2) is 47.4 Å². The number of piperidine rings is 1. The minimum absolute atomic E-state index is 0. The summed E-state index contributed by atoms with van der Waals surface area (Å²) in [7, 11) is -1.96. The standard InChI is InChI=1S/C28H36N4O5S2.ClH/c1-21-10-14-31(15-11-21)39(34,35)24-7-4-22(5-8-24)27(33)32(13-3-12-30-16-18-37-19-17-30)28-29-25-20-23(36-2)6-9-26(25)38-28;/h4-9,20-21H,3,10-19H2,1-2H3;1H. The Morgan fingerprint density at radius 2 is 1.80 bits per heavy atom. The molecule has 2 aromatic carbocycles. The van der Waals surface area contributed by atoms with Crippen LogP contribution in [0.3, 0.4) is 0 Å². The lowest BCUT2D eigenvalue weighted by atomic mass is 10.0. The molecule has 0 unspecified atom stereocenters. The molecular formula is C28H37ClN4O5S2. The van der Waals surface area contributed by atoms with E-state index in [1.165, 1.54) is 11.3 Å². The van der Waals surface area contributed by atoms with E-state index in [0.29, 0.717) is 42.0 Å². The van der Waals surface area contributed by atoms with Crippen molar-refractivity contribution in [3.05, 3.63) is 48.0 Å². The number of ether oxygens (including phenoxy) is 2. The quantitative estimate of drug-likeness (QED) is 0.353. The van der Waals surface area contributed by atoms with Gasteiger partial charge >= 0.3 is 0 Å². The fourth-order valence-corrected chi connectivity index (χ4v) is 7.44. The summed E-state index contributed by atoms with van der Waals surface area (Å²) < 4.78 is 39.7. The average Bonchev–Trinajstić information content (AvgIpc) is 3.39. The fraction of sp³-hybridized carbons (Fsp3) is 0.500. The molecule has 0 atom stereocenters. The van der Waals surface area contributed by atoms with Crippen LogP contribution in [0.25, 0.3) is 10.2 Å². The van der Waals surface area contributed by atoms with Crippen LogP contribution in [0.4, 0.5) is 5.13 Å². The largest absolute Gasteiger partial charge is 0.497 e. The van der Waals surface area contributed by atoms with Gasteiger partial charge in [-0.1, -0.05) is 18.3 Å². The minimum atomic E-state index is -3.58. The van der Waals surface area contributed by atoms with E-state index in [0.717, 1.165) is 62.3 Å². The van der Waals surface area contributed by atoms with Gasteiger partial charge in [0.25, 0.3) is 5.91 Å². The summed E-state index contributed by atoms with van der Waals surface area (Å²) >= 11 is 1.46. The number of hydrogen-bond acceptors (Lipinski definition) is 8. The van der Waals surface area contributed by atoms with Crippen molar-refractivity contribution >= 4 is 55.0 Å². The molecule has 3 aromatic rings. The van der Waals surface area contributed by atoms with Gasteiger partial charge in [0.15, 0.2) is 5.13 Å². The molecule has 0 saturated carbocycles. The van der Waals surface area contributed by atoms with E-state index in [9.17, 15) is 13.2 Å². The Kier molecular flexibility index (Phi) is 10.4. The first-order chi connectivity index (χ1) is 18.8. The molecule has 2 aliphatic rings. The number of nitrogens with zero attached hydrogens (tertiary/aromatic N) is 4. The smallest absolute Gasteiger partial charge is 0.260 e. The molecule has 40 heavy (non-hydrogen) atoms. The van der Waals surface area contributed by atoms with Crippen LogP contribution < -0.4 is 9.64 Å². The van der Waals surface area contributed by atoms with Gasteiger partial charge < -0.3 is 9.47 Å². The first kappa shape index (κ1) is 30.7. The van der Waals surface area contributed by atoms with Crippen LogP contribution in [0.5, 0.6) is 5.75 Å². The summed E-state index contributed by atoms with van der Waals surface area (Å²) in [4.78, 5) is 22.8. The van der Waals surface area contributed by atoms with E-state index in [2.05, 4.69) is 11.8 Å². The lowest BCUT2D eigenvalue weighted by molar-refractivity contribution is 0.0376. The van der Waals surface area contributed by atoms with Crippen molar-refractivity contribution in [2.45, 2.75) is 31.1 Å². The molecule has 0 spiro atoms. The average molecular weight is 609 g/mol. The van der Waals surface area contributed by atoms with E-state index in [4.69, 9.17) is 14.5 Å². The maximum atomic E-state index is 13.8. The summed E-state index contributed by atoms with van der Waals surface area (Å²) in [5.74, 6) is 1.05. The van der Waals surface area contributed by atoms with Gasteiger partial charge in [-0.05, 0) is 61.6 Å². The number of fused-ring (bicyclic) bond motifs is 1. The topological polar surface area (TPSA) is 92.3 Å². The number of halogens is 1. The van der Waals surface area contributed by atoms with Gasteiger partial charge in [-0.15, -0.1) is 12.4 Å². The van der Waals surface area contributed by atoms with Gasteiger partial charge in [0.1, 0.15) is 5.75 Å². The Labute approximate surface area is 246 Å². The number of carbonyl (C=O) groups excluding carboxylic acids is 1. The van der Waals surface area contributed by atoms with E-state index in [-0.39, 0.29) is 23.2 Å². The van der Waals surface area contributed by atoms with E-state index >= 15 is 0 Å². The van der Waals surface area contributed by atoms with Crippen LogP contribution >= 0.6 is 23.7 Å². The number of aromatic nitrogens is 1. The van der Waals surface area contributed by atoms with Crippen molar-refractivity contribution in [3.63, 3.8) is 0 Å². The summed E-state index contributed by atoms with van der Waals surface area (Å²) in [5, 5.41) is 0.615. The highest BCUT2D eigenvalue weighted by molar-refractivity contribution is 7.89. The maximum absolute atomic E-state index is 13.8. The van der Waals surface area contributed by atoms with Crippen LogP contribution in [0, 0.1) is 5.92 Å². The van der Waals surface area contributed by atoms with Gasteiger partial charge in [0, 0.05) is 50.9 Å². The molecule has 2 saturated heterocycles. The second kappa shape index (κ2) is 13.6. The summed E-state index contributed by atoms with van der Waals surface area (Å²) in [5.41, 5.74) is 1.21. The molecule has 3 heterocycles. The second-order valence-electron chi connectivity index (χ2n) is 10.2. The summed E-state index contributed by atoms with van der Waals surface area (Å²) in [6.45, 7) is 7.81. The monoisotopic (exact) mass is 608 g/mol. The summed E-state index contributed by atoms with van der Waals surface area (Å²) in [6.07, 6.45) is 2.51. The Balaban J connectivity index is 0.00000370. The molecule has 2 fully saturated rings. The van der Waals surface area contributed by atoms with Crippen molar-refractivity contribution in [3.8, 4) is 5.75 Å². The number of amides is 1. The minimum Gasteiger partial charge on any atom is -0.497 e. The number of hydrogen-bond donors (Lipinski definition) is 0. The molecule has 218 valence electrons. The highest BCUT2D eigenvalue weighted by Gasteiger charge is 2.29. The Hall–Kier alpha value is -2.28. The molecule has 1 aromatic heterocycles. The number of thiazole rings is 1. The van der Waals surface area contributed by atoms with Crippen molar-refractivity contribution in [2.24, 2.45) is 5.92 Å². The number of methoxy groups -OCH3 is 1. The van der Waals surface area contributed by atoms with Gasteiger partial charge in [-0.25, -0.2) is 13.4 Å². The maximum Gasteiger partial charge on any atom is 0.260 e. The molecular weight excluding hydrogens is 572 g/mol. The highest BCUT2D eigenvalue weighted by Crippen LogP contribution is 2.32. The predicted molar refractivity (Wildman–Crippen MR) is 161 cm³/mol. The molecule has 5 rings (SSSR count). The number of anilines is 1. The van der Waals surface area contributed by atoms with Crippen molar-refractivity contribution < 1.29 is 22.7 Å². The zero-order valence-electron chi connectivity index (χ0n) is 23.0. The zero-order chi connectivity index (χ0) is 27.4. The molecule has 0 N–H and O–H groups in total. The molecule has 0 aliphatic carbocycles. The second-order valence-corrected chi connectivity index (χ2v) is 13.2. The third kappa shape index (κ3) is 6.95. The van der Waals surface area contributed by atoms with Crippen molar-refractivity contribution in [2.75, 3.05) is 64.5 Å². The number of morpholine rings is 1. The number of benzene rings is 2. The molecule has 12 heteroatoms. The predicted octanol–water partition coefficient (Wildman–Crippen LogP) is 4.52. The summed E-state index contributed by atoms with van der Waals surface area (Å²) in [6, 6.07) is 12.0. The lowest BCUT2D eigenvalue weighted by Gasteiger charge is -2.29. The Morgan fingerprint density at radius 1 is 1.10 bits per heavy atom. The van der Waals surface area contributed by atoms with Crippen LogP contribution in [0.1, 0.15) is 36.5 Å². The molecule has 1 amide bonds. The van der Waals surface area contributed by atoms with E-state index in [1.807, 2.05) is 18.2 Å². The first-order valence-electron chi connectivity index (χ1n) is 13.5.